The van der Waals surface area contributed by atoms with Gasteiger partial charge in [-0.25, -0.2) is 9.78 Å². The van der Waals surface area contributed by atoms with Gasteiger partial charge in [-0.3, -0.25) is 4.79 Å². The molecule has 3 heterocycles. The van der Waals surface area contributed by atoms with Gasteiger partial charge in [0.25, 0.3) is 0 Å². The Morgan fingerprint density at radius 2 is 2.00 bits per heavy atom. The van der Waals surface area contributed by atoms with Crippen LogP contribution < -0.4 is 10.6 Å². The van der Waals surface area contributed by atoms with E-state index in [1.54, 1.807) is 13.3 Å². The van der Waals surface area contributed by atoms with E-state index in [-0.39, 0.29) is 24.6 Å². The molecule has 9 nitrogen and oxygen atoms in total. The molecule has 0 aliphatic rings. The number of fused-ring (bicyclic) bond motifs is 2. The third-order valence-electron chi connectivity index (χ3n) is 5.93. The minimum Gasteiger partial charge on any atom is -0.464 e. The summed E-state index contributed by atoms with van der Waals surface area (Å²) in [5.74, 6) is -0.786. The van der Waals surface area contributed by atoms with Gasteiger partial charge in [-0.15, -0.1) is 0 Å². The summed E-state index contributed by atoms with van der Waals surface area (Å²) in [5.41, 5.74) is 4.29. The SMILES string of the molecule is CCCNc1cnc2c(c1)c(NC(=O)CCOC)c(C(=O)OC)n2CCc1c[nH]c2ccccc12. The number of pyridine rings is 1. The van der Waals surface area contributed by atoms with Crippen molar-refractivity contribution in [1.29, 1.82) is 0 Å². The summed E-state index contributed by atoms with van der Waals surface area (Å²) in [6.45, 7) is 3.62. The number of benzene rings is 1. The number of hydrogen-bond donors (Lipinski definition) is 3. The van der Waals surface area contributed by atoms with E-state index in [4.69, 9.17) is 9.47 Å². The molecule has 9 heteroatoms. The summed E-state index contributed by atoms with van der Waals surface area (Å²) in [7, 11) is 2.88. The number of aromatic nitrogens is 3. The maximum Gasteiger partial charge on any atom is 0.356 e. The van der Waals surface area contributed by atoms with Crippen molar-refractivity contribution in [3.05, 3.63) is 54.0 Å². The fourth-order valence-corrected chi connectivity index (χ4v) is 4.21. The number of aromatic amines is 1. The van der Waals surface area contributed by atoms with E-state index in [0.717, 1.165) is 35.1 Å². The molecule has 0 aliphatic heterocycles. The minimum atomic E-state index is -0.535. The van der Waals surface area contributed by atoms with Crippen LogP contribution in [0.1, 0.15) is 35.8 Å². The second kappa shape index (κ2) is 11.1. The van der Waals surface area contributed by atoms with Crippen molar-refractivity contribution in [2.75, 3.05) is 38.0 Å². The molecule has 0 radical (unpaired) electrons. The Bertz CT molecular complexity index is 1340. The maximum absolute atomic E-state index is 13.0. The topological polar surface area (TPSA) is 110 Å². The second-order valence-corrected chi connectivity index (χ2v) is 8.29. The molecule has 0 spiro atoms. The third kappa shape index (κ3) is 5.14. The Kier molecular flexibility index (Phi) is 7.67. The number of nitrogens with zero attached hydrogens (tertiary/aromatic N) is 2. The number of hydrogen-bond acceptors (Lipinski definition) is 6. The van der Waals surface area contributed by atoms with Crippen molar-refractivity contribution in [3.63, 3.8) is 0 Å². The molecule has 0 aliphatic carbocycles. The zero-order valence-electron chi connectivity index (χ0n) is 20.3. The molecule has 184 valence electrons. The van der Waals surface area contributed by atoms with E-state index >= 15 is 0 Å². The van der Waals surface area contributed by atoms with Crippen LogP contribution in [0.2, 0.25) is 0 Å². The first-order valence-corrected chi connectivity index (χ1v) is 11.8. The van der Waals surface area contributed by atoms with E-state index in [1.165, 1.54) is 7.11 Å². The Balaban J connectivity index is 1.78. The number of esters is 1. The molecule has 0 bridgehead atoms. The van der Waals surface area contributed by atoms with Gasteiger partial charge in [0.1, 0.15) is 5.65 Å². The van der Waals surface area contributed by atoms with Crippen molar-refractivity contribution in [2.24, 2.45) is 0 Å². The van der Waals surface area contributed by atoms with Gasteiger partial charge in [-0.1, -0.05) is 25.1 Å². The molecule has 35 heavy (non-hydrogen) atoms. The number of methoxy groups -OCH3 is 2. The van der Waals surface area contributed by atoms with E-state index in [0.29, 0.717) is 29.7 Å². The quantitative estimate of drug-likeness (QED) is 0.277. The summed E-state index contributed by atoms with van der Waals surface area (Å²) in [6.07, 6.45) is 5.52. The number of H-pyrrole nitrogens is 1. The molecular weight excluding hydrogens is 446 g/mol. The van der Waals surface area contributed by atoms with Gasteiger partial charge in [0.05, 0.1) is 37.7 Å². The molecule has 1 aromatic carbocycles. The van der Waals surface area contributed by atoms with Crippen molar-refractivity contribution >= 4 is 45.2 Å². The highest BCUT2D eigenvalue weighted by atomic mass is 16.5. The van der Waals surface area contributed by atoms with Gasteiger partial charge in [-0.05, 0) is 30.5 Å². The Hall–Kier alpha value is -3.85. The van der Waals surface area contributed by atoms with Crippen LogP contribution in [0.5, 0.6) is 0 Å². The minimum absolute atomic E-state index is 0.167. The number of aryl methyl sites for hydroxylation is 2. The molecule has 0 saturated carbocycles. The fraction of sp³-hybridized carbons (Fsp3) is 0.346. The molecule has 3 N–H and O–H groups in total. The van der Waals surface area contributed by atoms with Crippen LogP contribution in [-0.2, 0) is 27.2 Å². The van der Waals surface area contributed by atoms with Gasteiger partial charge >= 0.3 is 5.97 Å². The van der Waals surface area contributed by atoms with E-state index in [1.807, 2.05) is 35.0 Å². The molecule has 0 fully saturated rings. The number of carbonyl (C=O) groups excluding carboxylic acids is 2. The van der Waals surface area contributed by atoms with E-state index < -0.39 is 5.97 Å². The Morgan fingerprint density at radius 1 is 1.17 bits per heavy atom. The number of rotatable bonds is 11. The lowest BCUT2D eigenvalue weighted by atomic mass is 10.1. The summed E-state index contributed by atoms with van der Waals surface area (Å²) < 4.78 is 12.0. The average molecular weight is 478 g/mol. The summed E-state index contributed by atoms with van der Waals surface area (Å²) in [6, 6.07) is 10.0. The molecule has 4 rings (SSSR count). The van der Waals surface area contributed by atoms with E-state index in [9.17, 15) is 9.59 Å². The highest BCUT2D eigenvalue weighted by molar-refractivity contribution is 6.11. The van der Waals surface area contributed by atoms with Gasteiger partial charge in [0, 0.05) is 42.7 Å². The first kappa shape index (κ1) is 24.3. The predicted molar refractivity (Wildman–Crippen MR) is 137 cm³/mol. The van der Waals surface area contributed by atoms with Crippen LogP contribution in [0.4, 0.5) is 11.4 Å². The monoisotopic (exact) mass is 477 g/mol. The number of nitrogens with one attached hydrogen (secondary N) is 3. The standard InChI is InChI=1S/C26H31N5O4/c1-4-11-27-18-14-20-23(30-22(32)10-13-34-2)24(26(33)35-3)31(25(20)29-16-18)12-9-17-15-28-21-8-6-5-7-19(17)21/h5-8,14-16,27-28H,4,9-13H2,1-3H3,(H,30,32). The van der Waals surface area contributed by atoms with Gasteiger partial charge in [0.15, 0.2) is 5.69 Å². The van der Waals surface area contributed by atoms with Crippen molar-refractivity contribution in [2.45, 2.75) is 32.7 Å². The Morgan fingerprint density at radius 3 is 2.77 bits per heavy atom. The molecule has 1 amide bonds. The largest absolute Gasteiger partial charge is 0.464 e. The second-order valence-electron chi connectivity index (χ2n) is 8.29. The predicted octanol–water partition coefficient (Wildman–Crippen LogP) is 4.34. The number of para-hydroxylation sites is 1. The molecule has 4 aromatic rings. The number of ether oxygens (including phenoxy) is 2. The van der Waals surface area contributed by atoms with Crippen LogP contribution in [0.25, 0.3) is 21.9 Å². The van der Waals surface area contributed by atoms with Gasteiger partial charge in [-0.2, -0.15) is 0 Å². The fourth-order valence-electron chi connectivity index (χ4n) is 4.21. The summed E-state index contributed by atoms with van der Waals surface area (Å²) >= 11 is 0. The maximum atomic E-state index is 13.0. The number of anilines is 2. The zero-order valence-corrected chi connectivity index (χ0v) is 20.3. The van der Waals surface area contributed by atoms with Crippen LogP contribution >= 0.6 is 0 Å². The lowest BCUT2D eigenvalue weighted by molar-refractivity contribution is -0.117. The van der Waals surface area contributed by atoms with Crippen LogP contribution in [0, 0.1) is 0 Å². The first-order chi connectivity index (χ1) is 17.1. The summed E-state index contributed by atoms with van der Waals surface area (Å²) in [4.78, 5) is 33.6. The van der Waals surface area contributed by atoms with E-state index in [2.05, 4.69) is 33.6 Å². The highest BCUT2D eigenvalue weighted by Crippen LogP contribution is 2.33. The van der Waals surface area contributed by atoms with Crippen molar-refractivity contribution < 1.29 is 19.1 Å². The molecular formula is C26H31N5O4. The highest BCUT2D eigenvalue weighted by Gasteiger charge is 2.26. The van der Waals surface area contributed by atoms with Crippen molar-refractivity contribution in [3.8, 4) is 0 Å². The lowest BCUT2D eigenvalue weighted by Gasteiger charge is -2.11. The normalized spacial score (nSPS) is 11.2. The molecule has 3 aromatic heterocycles. The zero-order chi connectivity index (χ0) is 24.8. The Labute approximate surface area is 203 Å². The first-order valence-electron chi connectivity index (χ1n) is 11.8. The smallest absolute Gasteiger partial charge is 0.356 e. The molecule has 0 atom stereocenters. The third-order valence-corrected chi connectivity index (χ3v) is 5.93. The van der Waals surface area contributed by atoms with Crippen LogP contribution in [-0.4, -0.2) is 53.8 Å². The van der Waals surface area contributed by atoms with Crippen molar-refractivity contribution in [1.82, 2.24) is 14.5 Å². The van der Waals surface area contributed by atoms with Crippen LogP contribution in [0.15, 0.2) is 42.7 Å². The number of carbonyl (C=O) groups is 2. The van der Waals surface area contributed by atoms with Gasteiger partial charge in [0.2, 0.25) is 5.91 Å². The van der Waals surface area contributed by atoms with Gasteiger partial charge < -0.3 is 29.7 Å². The molecule has 0 unspecified atom stereocenters. The molecule has 0 saturated heterocycles. The average Bonchev–Trinajstić information content (AvgIpc) is 3.43. The van der Waals surface area contributed by atoms with Crippen LogP contribution in [0.3, 0.4) is 0 Å². The summed E-state index contributed by atoms with van der Waals surface area (Å²) in [5, 5.41) is 8.05. The lowest BCUT2D eigenvalue weighted by Crippen LogP contribution is -2.18. The number of amides is 1.